The number of hydrogen-bond acceptors (Lipinski definition) is 6. The number of rotatable bonds is 12. The Kier molecular flexibility index (Phi) is 8.60. The van der Waals surface area contributed by atoms with Crippen LogP contribution in [0.3, 0.4) is 0 Å². The van der Waals surface area contributed by atoms with Crippen LogP contribution in [-0.2, 0) is 14.3 Å². The van der Waals surface area contributed by atoms with Gasteiger partial charge in [-0.25, -0.2) is 0 Å². The lowest BCUT2D eigenvalue weighted by Crippen LogP contribution is -2.37. The number of Topliss-reactive ketones (excluding diaryl/α,β-unsaturated/α-hetero) is 1. The second kappa shape index (κ2) is 11.6. The van der Waals surface area contributed by atoms with E-state index in [1.54, 1.807) is 0 Å². The summed E-state index contributed by atoms with van der Waals surface area (Å²) in [7, 11) is 0. The van der Waals surface area contributed by atoms with E-state index in [1.807, 2.05) is 13.0 Å². The molecular formula is C25H30N2O4. The van der Waals surface area contributed by atoms with Crippen LogP contribution in [0.5, 0.6) is 0 Å². The van der Waals surface area contributed by atoms with E-state index in [2.05, 4.69) is 41.3 Å². The highest BCUT2D eigenvalue weighted by Crippen LogP contribution is 2.32. The van der Waals surface area contributed by atoms with Gasteiger partial charge in [-0.1, -0.05) is 24.3 Å². The Morgan fingerprint density at radius 2 is 1.90 bits per heavy atom. The highest BCUT2D eigenvalue weighted by atomic mass is 16.5. The molecule has 0 radical (unpaired) electrons. The fourth-order valence-corrected chi connectivity index (χ4v) is 3.67. The summed E-state index contributed by atoms with van der Waals surface area (Å²) in [6, 6.07) is 14.6. The van der Waals surface area contributed by atoms with Gasteiger partial charge in [-0.05, 0) is 48.4 Å². The van der Waals surface area contributed by atoms with Crippen LogP contribution in [0.4, 0.5) is 5.69 Å². The fourth-order valence-electron chi connectivity index (χ4n) is 3.67. The molecule has 0 bridgehead atoms. The number of nitriles is 1. The first-order chi connectivity index (χ1) is 15.2. The predicted octanol–water partition coefficient (Wildman–Crippen LogP) is 3.72. The molecule has 0 spiro atoms. The second-order valence-corrected chi connectivity index (χ2v) is 7.64. The van der Waals surface area contributed by atoms with Gasteiger partial charge < -0.3 is 19.5 Å². The normalized spacial score (nSPS) is 14.2. The van der Waals surface area contributed by atoms with Gasteiger partial charge in [-0.3, -0.25) is 4.79 Å². The van der Waals surface area contributed by atoms with Crippen LogP contribution in [0.2, 0.25) is 0 Å². The van der Waals surface area contributed by atoms with E-state index in [4.69, 9.17) is 14.6 Å². The van der Waals surface area contributed by atoms with Crippen molar-refractivity contribution in [3.63, 3.8) is 0 Å². The fraction of sp³-hybridized carbons (Fsp3) is 0.440. The number of nitrogens with zero attached hydrogens (tertiary/aromatic N) is 2. The minimum atomic E-state index is -0.156. The van der Waals surface area contributed by atoms with Crippen molar-refractivity contribution >= 4 is 27.8 Å². The number of anilines is 1. The van der Waals surface area contributed by atoms with Crippen molar-refractivity contribution in [2.45, 2.75) is 26.2 Å². The van der Waals surface area contributed by atoms with Crippen LogP contribution < -0.4 is 4.90 Å². The van der Waals surface area contributed by atoms with Gasteiger partial charge in [0.2, 0.25) is 0 Å². The highest BCUT2D eigenvalue weighted by Gasteiger charge is 2.18. The zero-order valence-corrected chi connectivity index (χ0v) is 18.1. The maximum absolute atomic E-state index is 12.7. The van der Waals surface area contributed by atoms with Crippen molar-refractivity contribution in [2.24, 2.45) is 0 Å². The third kappa shape index (κ3) is 5.92. The lowest BCUT2D eigenvalue weighted by atomic mass is 9.94. The molecule has 2 aromatic rings. The molecule has 164 valence electrons. The smallest absolute Gasteiger partial charge is 0.173 e. The first-order valence-electron chi connectivity index (χ1n) is 10.8. The lowest BCUT2D eigenvalue weighted by Gasteiger charge is -2.34. The van der Waals surface area contributed by atoms with Gasteiger partial charge in [-0.2, -0.15) is 5.26 Å². The van der Waals surface area contributed by atoms with Crippen LogP contribution in [0.1, 0.15) is 31.7 Å². The van der Waals surface area contributed by atoms with E-state index < -0.39 is 0 Å². The molecule has 0 amide bonds. The van der Waals surface area contributed by atoms with Crippen molar-refractivity contribution in [1.82, 2.24) is 0 Å². The molecule has 0 unspecified atom stereocenters. The van der Waals surface area contributed by atoms with Gasteiger partial charge in [0.05, 0.1) is 32.0 Å². The standard InChI is InChI=1S/C25H30N2O4/c1-19(23(18-26)25(29)7-3-13-30-15-16-31-14-12-28)21-9-8-20-5-2-6-24(22(20)17-21)27-10-4-11-27/h2,5-6,8-9,17,28H,3-4,7,10-16H2,1H3/b23-19+. The molecule has 1 saturated heterocycles. The molecule has 6 nitrogen and oxygen atoms in total. The SMILES string of the molecule is C/C(=C(/C#N)C(=O)CCCOCCOCCO)c1ccc2cccc(N3CCC3)c2c1. The predicted molar refractivity (Wildman–Crippen MR) is 122 cm³/mol. The highest BCUT2D eigenvalue weighted by molar-refractivity contribution is 6.07. The summed E-state index contributed by atoms with van der Waals surface area (Å²) in [5.41, 5.74) is 3.05. The topological polar surface area (TPSA) is 82.8 Å². The Morgan fingerprint density at radius 1 is 1.13 bits per heavy atom. The van der Waals surface area contributed by atoms with Gasteiger partial charge in [0, 0.05) is 37.2 Å². The second-order valence-electron chi connectivity index (χ2n) is 7.64. The monoisotopic (exact) mass is 422 g/mol. The summed E-state index contributed by atoms with van der Waals surface area (Å²) in [6.45, 7) is 5.54. The van der Waals surface area contributed by atoms with E-state index in [-0.39, 0.29) is 24.4 Å². The zero-order valence-electron chi connectivity index (χ0n) is 18.1. The maximum atomic E-state index is 12.7. The van der Waals surface area contributed by atoms with Crippen LogP contribution in [0.25, 0.3) is 16.3 Å². The van der Waals surface area contributed by atoms with E-state index in [0.29, 0.717) is 38.4 Å². The van der Waals surface area contributed by atoms with Gasteiger partial charge in [0.1, 0.15) is 6.07 Å². The minimum absolute atomic E-state index is 0.00605. The van der Waals surface area contributed by atoms with Gasteiger partial charge in [0.25, 0.3) is 0 Å². The minimum Gasteiger partial charge on any atom is -0.394 e. The van der Waals surface area contributed by atoms with E-state index in [9.17, 15) is 10.1 Å². The summed E-state index contributed by atoms with van der Waals surface area (Å²) in [6.07, 6.45) is 2.03. The largest absolute Gasteiger partial charge is 0.394 e. The Hall–Kier alpha value is -2.72. The summed E-state index contributed by atoms with van der Waals surface area (Å²) in [4.78, 5) is 15.0. The molecule has 2 aromatic carbocycles. The molecule has 3 rings (SSSR count). The van der Waals surface area contributed by atoms with Gasteiger partial charge in [-0.15, -0.1) is 0 Å². The number of ether oxygens (including phenoxy) is 2. The Balaban J connectivity index is 1.66. The molecule has 0 aromatic heterocycles. The van der Waals surface area contributed by atoms with Crippen molar-refractivity contribution in [3.05, 3.63) is 47.5 Å². The Bertz CT molecular complexity index is 973. The number of benzene rings is 2. The molecule has 1 N–H and O–H groups in total. The summed E-state index contributed by atoms with van der Waals surface area (Å²) in [5, 5.41) is 20.6. The summed E-state index contributed by atoms with van der Waals surface area (Å²) in [5.74, 6) is -0.156. The Morgan fingerprint density at radius 3 is 2.58 bits per heavy atom. The van der Waals surface area contributed by atoms with Crippen LogP contribution in [-0.4, -0.2) is 57.0 Å². The average Bonchev–Trinajstić information content (AvgIpc) is 2.74. The van der Waals surface area contributed by atoms with Crippen LogP contribution in [0, 0.1) is 11.3 Å². The number of carbonyl (C=O) groups is 1. The molecular weight excluding hydrogens is 392 g/mol. The number of aliphatic hydroxyl groups is 1. The summed E-state index contributed by atoms with van der Waals surface area (Å²) < 4.78 is 10.5. The van der Waals surface area contributed by atoms with Crippen molar-refractivity contribution in [2.75, 3.05) is 51.0 Å². The maximum Gasteiger partial charge on any atom is 0.173 e. The lowest BCUT2D eigenvalue weighted by molar-refractivity contribution is -0.115. The average molecular weight is 423 g/mol. The molecule has 0 aliphatic carbocycles. The molecule has 1 aliphatic heterocycles. The third-order valence-corrected chi connectivity index (χ3v) is 5.55. The molecule has 0 atom stereocenters. The van der Waals surface area contributed by atoms with Crippen LogP contribution in [0.15, 0.2) is 42.0 Å². The number of allylic oxidation sites excluding steroid dienone is 2. The molecule has 1 heterocycles. The zero-order chi connectivity index (χ0) is 22.1. The molecule has 31 heavy (non-hydrogen) atoms. The number of carbonyl (C=O) groups excluding carboxylic acids is 1. The quantitative estimate of drug-likeness (QED) is 0.319. The molecule has 1 aliphatic rings. The first-order valence-corrected chi connectivity index (χ1v) is 10.8. The first kappa shape index (κ1) is 23.0. The molecule has 0 saturated carbocycles. The van der Waals surface area contributed by atoms with Gasteiger partial charge >= 0.3 is 0 Å². The van der Waals surface area contributed by atoms with Gasteiger partial charge in [0.15, 0.2) is 5.78 Å². The number of hydrogen-bond donors (Lipinski definition) is 1. The molecule has 1 fully saturated rings. The van der Waals surface area contributed by atoms with E-state index >= 15 is 0 Å². The van der Waals surface area contributed by atoms with Crippen molar-refractivity contribution in [3.8, 4) is 6.07 Å². The van der Waals surface area contributed by atoms with E-state index in [1.165, 1.54) is 12.1 Å². The number of fused-ring (bicyclic) bond motifs is 1. The summed E-state index contributed by atoms with van der Waals surface area (Å²) >= 11 is 0. The van der Waals surface area contributed by atoms with Crippen molar-refractivity contribution < 1.29 is 19.4 Å². The van der Waals surface area contributed by atoms with E-state index in [0.717, 1.165) is 29.4 Å². The van der Waals surface area contributed by atoms with Crippen molar-refractivity contribution in [1.29, 1.82) is 5.26 Å². The van der Waals surface area contributed by atoms with Crippen LogP contribution >= 0.6 is 0 Å². The third-order valence-electron chi connectivity index (χ3n) is 5.55. The number of ketones is 1. The Labute approximate surface area is 183 Å². The molecule has 6 heteroatoms. The number of aliphatic hydroxyl groups excluding tert-OH is 1.